The second kappa shape index (κ2) is 6.83. The number of carbonyl (C=O) groups excluding carboxylic acids is 1. The zero-order chi connectivity index (χ0) is 18.1. The number of amides is 1. The molecule has 0 saturated carbocycles. The van der Waals surface area contributed by atoms with Gasteiger partial charge < -0.3 is 14.6 Å². The van der Waals surface area contributed by atoms with Crippen LogP contribution in [0.4, 0.5) is 4.39 Å². The first kappa shape index (κ1) is 16.6. The SMILES string of the molecule is COc1ccc(F)cc1C(=O)N1CCC(c2c[nH]c3ccccc23)CC1. The van der Waals surface area contributed by atoms with Crippen molar-refractivity contribution in [2.45, 2.75) is 18.8 Å². The minimum atomic E-state index is -0.428. The molecule has 0 aliphatic carbocycles. The Balaban J connectivity index is 1.50. The molecular weight excluding hydrogens is 331 g/mol. The first-order valence-electron chi connectivity index (χ1n) is 8.86. The van der Waals surface area contributed by atoms with Crippen LogP contribution in [0.15, 0.2) is 48.7 Å². The van der Waals surface area contributed by atoms with Crippen LogP contribution in [0.25, 0.3) is 10.9 Å². The summed E-state index contributed by atoms with van der Waals surface area (Å²) in [5, 5.41) is 1.25. The van der Waals surface area contributed by atoms with Crippen LogP contribution in [0.5, 0.6) is 5.75 Å². The van der Waals surface area contributed by atoms with Gasteiger partial charge in [0.2, 0.25) is 0 Å². The number of ether oxygens (including phenoxy) is 1. The molecule has 0 radical (unpaired) electrons. The van der Waals surface area contributed by atoms with Crippen molar-refractivity contribution in [3.63, 3.8) is 0 Å². The molecule has 1 aliphatic rings. The molecule has 4 nitrogen and oxygen atoms in total. The summed E-state index contributed by atoms with van der Waals surface area (Å²) in [6.45, 7) is 1.31. The summed E-state index contributed by atoms with van der Waals surface area (Å²) >= 11 is 0. The summed E-state index contributed by atoms with van der Waals surface area (Å²) in [7, 11) is 1.49. The molecule has 26 heavy (non-hydrogen) atoms. The summed E-state index contributed by atoms with van der Waals surface area (Å²) in [4.78, 5) is 17.9. The van der Waals surface area contributed by atoms with Crippen molar-refractivity contribution in [2.75, 3.05) is 20.2 Å². The Kier molecular flexibility index (Phi) is 4.37. The highest BCUT2D eigenvalue weighted by molar-refractivity contribution is 5.97. The molecule has 4 rings (SSSR count). The lowest BCUT2D eigenvalue weighted by molar-refractivity contribution is 0.0709. The van der Waals surface area contributed by atoms with Crippen LogP contribution in [0.2, 0.25) is 0 Å². The second-order valence-corrected chi connectivity index (χ2v) is 6.70. The third-order valence-corrected chi connectivity index (χ3v) is 5.24. The largest absolute Gasteiger partial charge is 0.496 e. The molecule has 0 bridgehead atoms. The van der Waals surface area contributed by atoms with Crippen LogP contribution < -0.4 is 4.74 Å². The van der Waals surface area contributed by atoms with Gasteiger partial charge >= 0.3 is 0 Å². The van der Waals surface area contributed by atoms with Gasteiger partial charge in [0.1, 0.15) is 11.6 Å². The van der Waals surface area contributed by atoms with E-state index >= 15 is 0 Å². The summed E-state index contributed by atoms with van der Waals surface area (Å²) in [6, 6.07) is 12.3. The van der Waals surface area contributed by atoms with Gasteiger partial charge in [-0.2, -0.15) is 0 Å². The summed E-state index contributed by atoms with van der Waals surface area (Å²) in [5.41, 5.74) is 2.75. The number of benzene rings is 2. The van der Waals surface area contributed by atoms with Crippen molar-refractivity contribution in [1.29, 1.82) is 0 Å². The smallest absolute Gasteiger partial charge is 0.257 e. The van der Waals surface area contributed by atoms with E-state index in [1.165, 1.54) is 36.3 Å². The zero-order valence-corrected chi connectivity index (χ0v) is 14.7. The van der Waals surface area contributed by atoms with Gasteiger partial charge in [0.05, 0.1) is 12.7 Å². The molecule has 0 spiro atoms. The van der Waals surface area contributed by atoms with Crippen LogP contribution >= 0.6 is 0 Å². The van der Waals surface area contributed by atoms with Crippen molar-refractivity contribution in [1.82, 2.24) is 9.88 Å². The molecule has 134 valence electrons. The van der Waals surface area contributed by atoms with Crippen molar-refractivity contribution in [3.05, 3.63) is 65.6 Å². The quantitative estimate of drug-likeness (QED) is 0.762. The van der Waals surface area contributed by atoms with Crippen LogP contribution in [0.1, 0.15) is 34.7 Å². The number of rotatable bonds is 3. The first-order valence-corrected chi connectivity index (χ1v) is 8.86. The standard InChI is InChI=1S/C21H21FN2O2/c1-26-20-7-6-15(22)12-17(20)21(25)24-10-8-14(9-11-24)18-13-23-19-5-3-2-4-16(18)19/h2-7,12-14,23H,8-11H2,1H3. The number of fused-ring (bicyclic) bond motifs is 1. The molecule has 5 heteroatoms. The minimum absolute atomic E-state index is 0.168. The molecule has 3 aromatic rings. The van der Waals surface area contributed by atoms with Gasteiger partial charge in [-0.15, -0.1) is 0 Å². The van der Waals surface area contributed by atoms with E-state index in [4.69, 9.17) is 4.74 Å². The highest BCUT2D eigenvalue weighted by atomic mass is 19.1. The lowest BCUT2D eigenvalue weighted by atomic mass is 9.89. The molecule has 1 aromatic heterocycles. The summed E-state index contributed by atoms with van der Waals surface area (Å²) < 4.78 is 18.8. The molecule has 1 N–H and O–H groups in total. The average Bonchev–Trinajstić information content (AvgIpc) is 3.11. The third-order valence-electron chi connectivity index (χ3n) is 5.24. The maximum Gasteiger partial charge on any atom is 0.257 e. The number of nitrogens with zero attached hydrogens (tertiary/aromatic N) is 1. The number of nitrogens with one attached hydrogen (secondary N) is 1. The predicted molar refractivity (Wildman–Crippen MR) is 99.1 cm³/mol. The van der Waals surface area contributed by atoms with Crippen molar-refractivity contribution < 1.29 is 13.9 Å². The number of hydrogen-bond donors (Lipinski definition) is 1. The van der Waals surface area contributed by atoms with Crippen LogP contribution in [0.3, 0.4) is 0 Å². The second-order valence-electron chi connectivity index (χ2n) is 6.70. The Hall–Kier alpha value is -2.82. The predicted octanol–water partition coefficient (Wildman–Crippen LogP) is 4.34. The normalized spacial score (nSPS) is 15.4. The van der Waals surface area contributed by atoms with Crippen LogP contribution in [0, 0.1) is 5.82 Å². The Morgan fingerprint density at radius 3 is 2.73 bits per heavy atom. The fraction of sp³-hybridized carbons (Fsp3) is 0.286. The number of H-pyrrole nitrogens is 1. The van der Waals surface area contributed by atoms with E-state index in [1.54, 1.807) is 4.90 Å². The molecule has 1 aliphatic heterocycles. The molecular formula is C21H21FN2O2. The van der Waals surface area contributed by atoms with E-state index in [2.05, 4.69) is 29.4 Å². The van der Waals surface area contributed by atoms with E-state index in [0.29, 0.717) is 24.8 Å². The Morgan fingerprint density at radius 1 is 1.19 bits per heavy atom. The minimum Gasteiger partial charge on any atom is -0.496 e. The van der Waals surface area contributed by atoms with E-state index in [0.717, 1.165) is 18.4 Å². The fourth-order valence-corrected chi connectivity index (χ4v) is 3.84. The number of halogens is 1. The molecule has 1 amide bonds. The molecule has 0 atom stereocenters. The van der Waals surface area contributed by atoms with Crippen LogP contribution in [-0.2, 0) is 0 Å². The summed E-state index contributed by atoms with van der Waals surface area (Å²) in [5.74, 6) is 0.237. The van der Waals surface area contributed by atoms with Gasteiger partial charge in [-0.3, -0.25) is 4.79 Å². The van der Waals surface area contributed by atoms with E-state index in [9.17, 15) is 9.18 Å². The van der Waals surface area contributed by atoms with Gasteiger partial charge in [0.15, 0.2) is 0 Å². The third kappa shape index (κ3) is 2.94. The van der Waals surface area contributed by atoms with Gasteiger partial charge in [-0.05, 0) is 48.6 Å². The van der Waals surface area contributed by atoms with E-state index < -0.39 is 5.82 Å². The van der Waals surface area contributed by atoms with Gasteiger partial charge in [0.25, 0.3) is 5.91 Å². The monoisotopic (exact) mass is 352 g/mol. The molecule has 2 aromatic carbocycles. The number of likely N-dealkylation sites (tertiary alicyclic amines) is 1. The van der Waals surface area contributed by atoms with Gasteiger partial charge in [0, 0.05) is 30.2 Å². The Bertz CT molecular complexity index is 942. The number of para-hydroxylation sites is 1. The zero-order valence-electron chi connectivity index (χ0n) is 14.7. The summed E-state index contributed by atoms with van der Waals surface area (Å²) in [6.07, 6.45) is 3.87. The average molecular weight is 352 g/mol. The number of carbonyl (C=O) groups is 1. The number of piperidine rings is 1. The number of aromatic amines is 1. The lowest BCUT2D eigenvalue weighted by Crippen LogP contribution is -2.38. The Morgan fingerprint density at radius 2 is 1.96 bits per heavy atom. The van der Waals surface area contributed by atoms with Gasteiger partial charge in [-0.1, -0.05) is 18.2 Å². The van der Waals surface area contributed by atoms with Crippen molar-refractivity contribution in [3.8, 4) is 5.75 Å². The van der Waals surface area contributed by atoms with Crippen molar-refractivity contribution in [2.24, 2.45) is 0 Å². The topological polar surface area (TPSA) is 45.3 Å². The molecule has 1 fully saturated rings. The lowest BCUT2D eigenvalue weighted by Gasteiger charge is -2.32. The number of aromatic nitrogens is 1. The Labute approximate surface area is 151 Å². The van der Waals surface area contributed by atoms with E-state index in [-0.39, 0.29) is 11.5 Å². The highest BCUT2D eigenvalue weighted by Gasteiger charge is 2.27. The fourth-order valence-electron chi connectivity index (χ4n) is 3.84. The molecule has 2 heterocycles. The van der Waals surface area contributed by atoms with E-state index in [1.807, 2.05) is 6.07 Å². The van der Waals surface area contributed by atoms with Crippen LogP contribution in [-0.4, -0.2) is 36.0 Å². The first-order chi connectivity index (χ1) is 12.7. The maximum atomic E-state index is 13.6. The highest BCUT2D eigenvalue weighted by Crippen LogP contribution is 2.34. The molecule has 0 unspecified atom stereocenters. The molecule has 1 saturated heterocycles. The van der Waals surface area contributed by atoms with Crippen molar-refractivity contribution >= 4 is 16.8 Å². The van der Waals surface area contributed by atoms with Gasteiger partial charge in [-0.25, -0.2) is 4.39 Å². The number of hydrogen-bond acceptors (Lipinski definition) is 2. The number of methoxy groups -OCH3 is 1. The maximum absolute atomic E-state index is 13.6.